The Morgan fingerprint density at radius 3 is 2.58 bits per heavy atom. The summed E-state index contributed by atoms with van der Waals surface area (Å²) in [5.41, 5.74) is 0. The summed E-state index contributed by atoms with van der Waals surface area (Å²) in [5, 5.41) is 9.70. The normalized spacial score (nSPS) is 17.2. The van der Waals surface area contributed by atoms with E-state index in [4.69, 9.17) is 4.74 Å². The molecule has 0 aliphatic carbocycles. The molecule has 0 spiro atoms. The van der Waals surface area contributed by atoms with Crippen LogP contribution in [0.3, 0.4) is 0 Å². The van der Waals surface area contributed by atoms with Gasteiger partial charge in [0.25, 0.3) is 0 Å². The van der Waals surface area contributed by atoms with Crippen molar-refractivity contribution in [2.45, 2.75) is 0 Å². The second-order valence-corrected chi connectivity index (χ2v) is 2.39. The number of ether oxygens (including phenoxy) is 1. The fourth-order valence-corrected chi connectivity index (χ4v) is 1.11. The maximum Gasteiger partial charge on any atom is 0.0715 e. The number of nitrogens with zero attached hydrogens (tertiary/aromatic N) is 4. The van der Waals surface area contributed by atoms with E-state index in [0.29, 0.717) is 0 Å². The van der Waals surface area contributed by atoms with Crippen molar-refractivity contribution in [1.82, 2.24) is 15.1 Å². The van der Waals surface area contributed by atoms with Gasteiger partial charge in [-0.05, 0) is 5.21 Å². The molecule has 1 fully saturated rings. The number of morpholine rings is 1. The Kier molecular flexibility index (Phi) is 3.31. The van der Waals surface area contributed by atoms with Gasteiger partial charge in [-0.1, -0.05) is 0 Å². The lowest BCUT2D eigenvalue weighted by Gasteiger charge is -2.27. The molecule has 0 aromatic carbocycles. The van der Waals surface area contributed by atoms with Gasteiger partial charge in [-0.25, -0.2) is 0 Å². The van der Waals surface area contributed by atoms with E-state index in [9.17, 15) is 0 Å². The van der Waals surface area contributed by atoms with Gasteiger partial charge in [0.2, 0.25) is 0 Å². The SMILES string of the molecule is Cl.c1cn(N2CCOCC2)nn1. The van der Waals surface area contributed by atoms with Gasteiger partial charge in [-0.2, -0.15) is 4.79 Å². The summed E-state index contributed by atoms with van der Waals surface area (Å²) in [6.45, 7) is 3.34. The molecule has 0 radical (unpaired) electrons. The number of hydrogen-bond acceptors (Lipinski definition) is 4. The highest BCUT2D eigenvalue weighted by atomic mass is 35.5. The van der Waals surface area contributed by atoms with Crippen molar-refractivity contribution in [3.05, 3.63) is 12.4 Å². The largest absolute Gasteiger partial charge is 0.378 e. The number of rotatable bonds is 1. The highest BCUT2D eigenvalue weighted by molar-refractivity contribution is 5.85. The van der Waals surface area contributed by atoms with Gasteiger partial charge in [-0.3, -0.25) is 5.01 Å². The van der Waals surface area contributed by atoms with Crippen LogP contribution >= 0.6 is 12.4 Å². The van der Waals surface area contributed by atoms with E-state index in [0.717, 1.165) is 26.3 Å². The van der Waals surface area contributed by atoms with Crippen molar-refractivity contribution < 1.29 is 4.74 Å². The van der Waals surface area contributed by atoms with E-state index in [2.05, 4.69) is 15.3 Å². The zero-order valence-electron chi connectivity index (χ0n) is 6.59. The molecule has 0 amide bonds. The van der Waals surface area contributed by atoms with Crippen LogP contribution in [0.1, 0.15) is 0 Å². The van der Waals surface area contributed by atoms with Crippen molar-refractivity contribution in [1.29, 1.82) is 0 Å². The molecule has 1 aliphatic heterocycles. The molecule has 2 rings (SSSR count). The van der Waals surface area contributed by atoms with E-state index in [1.165, 1.54) is 0 Å². The molecule has 1 aromatic heterocycles. The average Bonchev–Trinajstić information content (AvgIpc) is 2.58. The Bertz CT molecular complexity index is 209. The van der Waals surface area contributed by atoms with Crippen LogP contribution < -0.4 is 5.01 Å². The maximum absolute atomic E-state index is 5.19. The van der Waals surface area contributed by atoms with E-state index in [1.54, 1.807) is 11.0 Å². The predicted octanol–water partition coefficient (Wildman–Crippen LogP) is -0.332. The zero-order chi connectivity index (χ0) is 7.52. The van der Waals surface area contributed by atoms with Crippen molar-refractivity contribution >= 4 is 12.4 Å². The van der Waals surface area contributed by atoms with Crippen molar-refractivity contribution in [3.63, 3.8) is 0 Å². The van der Waals surface area contributed by atoms with E-state index >= 15 is 0 Å². The minimum absolute atomic E-state index is 0. The lowest BCUT2D eigenvalue weighted by Crippen LogP contribution is -2.44. The quantitative estimate of drug-likeness (QED) is 0.608. The standard InChI is InChI=1S/C6H10N4O.ClH/c1-2-10(8-7-1)9-3-5-11-6-4-9;/h1-2H,3-6H2;1H. The maximum atomic E-state index is 5.19. The topological polar surface area (TPSA) is 43.2 Å². The molecule has 68 valence electrons. The summed E-state index contributed by atoms with van der Waals surface area (Å²) in [6, 6.07) is 0. The third kappa shape index (κ3) is 1.86. The van der Waals surface area contributed by atoms with Gasteiger partial charge in [0.05, 0.1) is 38.7 Å². The van der Waals surface area contributed by atoms with Gasteiger partial charge < -0.3 is 4.74 Å². The number of halogens is 1. The van der Waals surface area contributed by atoms with Gasteiger partial charge in [0.15, 0.2) is 0 Å². The fourth-order valence-electron chi connectivity index (χ4n) is 1.11. The monoisotopic (exact) mass is 190 g/mol. The van der Waals surface area contributed by atoms with E-state index in [-0.39, 0.29) is 12.4 Å². The average molecular weight is 191 g/mol. The molecular weight excluding hydrogens is 180 g/mol. The molecule has 2 heterocycles. The minimum atomic E-state index is 0. The highest BCUT2D eigenvalue weighted by Gasteiger charge is 2.09. The molecule has 0 saturated carbocycles. The molecule has 1 saturated heterocycles. The lowest BCUT2D eigenvalue weighted by atomic mass is 10.5. The first kappa shape index (κ1) is 9.28. The van der Waals surface area contributed by atoms with E-state index in [1.807, 2.05) is 6.20 Å². The highest BCUT2D eigenvalue weighted by Crippen LogP contribution is 1.94. The summed E-state index contributed by atoms with van der Waals surface area (Å²) < 4.78 is 5.19. The molecule has 0 unspecified atom stereocenters. The van der Waals surface area contributed by atoms with E-state index < -0.39 is 0 Å². The summed E-state index contributed by atoms with van der Waals surface area (Å²) in [6.07, 6.45) is 3.51. The van der Waals surface area contributed by atoms with Gasteiger partial charge in [0, 0.05) is 0 Å². The second-order valence-electron chi connectivity index (χ2n) is 2.39. The molecular formula is C6H11ClN4O. The molecule has 6 heteroatoms. The predicted molar refractivity (Wildman–Crippen MR) is 46.0 cm³/mol. The molecule has 0 atom stereocenters. The first-order valence-electron chi connectivity index (χ1n) is 3.66. The Morgan fingerprint density at radius 1 is 1.25 bits per heavy atom. The minimum Gasteiger partial charge on any atom is -0.378 e. The first-order valence-corrected chi connectivity index (χ1v) is 3.66. The molecule has 1 aromatic rings. The van der Waals surface area contributed by atoms with Crippen LogP contribution in [0.25, 0.3) is 0 Å². The second kappa shape index (κ2) is 4.27. The molecule has 0 N–H and O–H groups in total. The zero-order valence-corrected chi connectivity index (χ0v) is 7.40. The van der Waals surface area contributed by atoms with Crippen molar-refractivity contribution in [2.24, 2.45) is 0 Å². The van der Waals surface area contributed by atoms with Gasteiger partial charge in [0.1, 0.15) is 0 Å². The Morgan fingerprint density at radius 2 is 2.00 bits per heavy atom. The lowest BCUT2D eigenvalue weighted by molar-refractivity contribution is 0.108. The molecule has 1 aliphatic rings. The summed E-state index contributed by atoms with van der Waals surface area (Å²) in [7, 11) is 0. The Labute approximate surface area is 76.7 Å². The Hall–Kier alpha value is -0.810. The molecule has 12 heavy (non-hydrogen) atoms. The summed E-state index contributed by atoms with van der Waals surface area (Å²) in [4.78, 5) is 1.75. The van der Waals surface area contributed by atoms with Crippen LogP contribution in [0.5, 0.6) is 0 Å². The van der Waals surface area contributed by atoms with Crippen LogP contribution in [0, 0.1) is 0 Å². The Balaban J connectivity index is 0.000000720. The van der Waals surface area contributed by atoms with Crippen LogP contribution in [0.15, 0.2) is 12.4 Å². The van der Waals surface area contributed by atoms with Gasteiger partial charge in [-0.15, -0.1) is 17.5 Å². The number of hydrogen-bond donors (Lipinski definition) is 0. The summed E-state index contributed by atoms with van der Waals surface area (Å²) >= 11 is 0. The van der Waals surface area contributed by atoms with Crippen LogP contribution in [-0.2, 0) is 4.74 Å². The van der Waals surface area contributed by atoms with Crippen LogP contribution in [0.4, 0.5) is 0 Å². The first-order chi connectivity index (χ1) is 5.47. The third-order valence-corrected chi connectivity index (χ3v) is 1.69. The van der Waals surface area contributed by atoms with Crippen molar-refractivity contribution in [2.75, 3.05) is 31.3 Å². The number of aromatic nitrogens is 3. The van der Waals surface area contributed by atoms with Crippen LogP contribution in [0.2, 0.25) is 0 Å². The van der Waals surface area contributed by atoms with Crippen LogP contribution in [-0.4, -0.2) is 41.4 Å². The van der Waals surface area contributed by atoms with Crippen molar-refractivity contribution in [3.8, 4) is 0 Å². The smallest absolute Gasteiger partial charge is 0.0715 e. The fraction of sp³-hybridized carbons (Fsp3) is 0.667. The molecule has 5 nitrogen and oxygen atoms in total. The van der Waals surface area contributed by atoms with Gasteiger partial charge >= 0.3 is 0 Å². The molecule has 0 bridgehead atoms. The third-order valence-electron chi connectivity index (χ3n) is 1.69. The summed E-state index contributed by atoms with van der Waals surface area (Å²) in [5.74, 6) is 0.